The number of nitrogens with one attached hydrogen (secondary N) is 1. The van der Waals surface area contributed by atoms with Crippen molar-refractivity contribution in [3.8, 4) is 5.82 Å². The fourth-order valence-electron chi connectivity index (χ4n) is 3.39. The van der Waals surface area contributed by atoms with Gasteiger partial charge in [0.1, 0.15) is 0 Å². The summed E-state index contributed by atoms with van der Waals surface area (Å²) >= 11 is 0. The summed E-state index contributed by atoms with van der Waals surface area (Å²) in [4.78, 5) is 30.0. The van der Waals surface area contributed by atoms with Crippen molar-refractivity contribution in [2.24, 2.45) is 0 Å². The molecule has 10 heteroatoms. The Labute approximate surface area is 175 Å². The highest BCUT2D eigenvalue weighted by atomic mass is 19.4. The van der Waals surface area contributed by atoms with E-state index >= 15 is 0 Å². The molecule has 1 aromatic carbocycles. The van der Waals surface area contributed by atoms with Gasteiger partial charge in [-0.2, -0.15) is 18.3 Å². The normalized spacial score (nSPS) is 14.2. The van der Waals surface area contributed by atoms with E-state index < -0.39 is 17.6 Å². The molecule has 1 fully saturated rings. The van der Waals surface area contributed by atoms with Gasteiger partial charge < -0.3 is 10.2 Å². The molecule has 7 nitrogen and oxygen atoms in total. The predicted molar refractivity (Wildman–Crippen MR) is 107 cm³/mol. The summed E-state index contributed by atoms with van der Waals surface area (Å²) in [5, 5.41) is 6.84. The summed E-state index contributed by atoms with van der Waals surface area (Å²) in [6.45, 7) is 2.31. The highest BCUT2D eigenvalue weighted by Gasteiger charge is 2.31. The molecule has 0 unspecified atom stereocenters. The molecule has 0 saturated carbocycles. The van der Waals surface area contributed by atoms with Crippen molar-refractivity contribution in [1.29, 1.82) is 0 Å². The molecular weight excluding hydrogens is 411 g/mol. The lowest BCUT2D eigenvalue weighted by Crippen LogP contribution is -2.23. The zero-order chi connectivity index (χ0) is 22.2. The van der Waals surface area contributed by atoms with Crippen molar-refractivity contribution in [3.05, 3.63) is 65.6 Å². The Kier molecular flexibility index (Phi) is 5.22. The fraction of sp³-hybridized carbons (Fsp3) is 0.238. The minimum Gasteiger partial charge on any atom is -0.322 e. The van der Waals surface area contributed by atoms with E-state index in [-0.39, 0.29) is 17.3 Å². The van der Waals surface area contributed by atoms with Crippen LogP contribution < -0.4 is 10.2 Å². The van der Waals surface area contributed by atoms with Gasteiger partial charge in [0.25, 0.3) is 5.91 Å². The van der Waals surface area contributed by atoms with Gasteiger partial charge in [-0.25, -0.2) is 9.67 Å². The van der Waals surface area contributed by atoms with E-state index in [1.54, 1.807) is 36.1 Å². The van der Waals surface area contributed by atoms with Crippen molar-refractivity contribution in [2.75, 3.05) is 16.8 Å². The van der Waals surface area contributed by atoms with E-state index in [0.29, 0.717) is 24.3 Å². The van der Waals surface area contributed by atoms with Gasteiger partial charge in [-0.1, -0.05) is 0 Å². The van der Waals surface area contributed by atoms with Crippen LogP contribution in [-0.4, -0.2) is 33.1 Å². The molecule has 0 bridgehead atoms. The van der Waals surface area contributed by atoms with E-state index in [1.807, 2.05) is 0 Å². The number of aromatic nitrogens is 3. The van der Waals surface area contributed by atoms with E-state index in [2.05, 4.69) is 15.4 Å². The first-order valence-electron chi connectivity index (χ1n) is 9.54. The second kappa shape index (κ2) is 7.86. The van der Waals surface area contributed by atoms with Crippen LogP contribution in [0.4, 0.5) is 24.5 Å². The molecule has 3 aromatic rings. The lowest BCUT2D eigenvalue weighted by atomic mass is 10.2. The van der Waals surface area contributed by atoms with Gasteiger partial charge in [-0.15, -0.1) is 0 Å². The lowest BCUT2D eigenvalue weighted by molar-refractivity contribution is -0.137. The number of carbonyl (C=O) groups excluding carboxylic acids is 2. The van der Waals surface area contributed by atoms with Gasteiger partial charge in [-0.3, -0.25) is 9.59 Å². The summed E-state index contributed by atoms with van der Waals surface area (Å²) in [5.41, 5.74) is 1.15. The summed E-state index contributed by atoms with van der Waals surface area (Å²) in [6.07, 6.45) is -1.05. The molecule has 2 amide bonds. The monoisotopic (exact) mass is 429 g/mol. The third-order valence-electron chi connectivity index (χ3n) is 5.06. The molecule has 2 aromatic heterocycles. The first-order valence-corrected chi connectivity index (χ1v) is 9.54. The zero-order valence-electron chi connectivity index (χ0n) is 16.5. The number of anilines is 2. The largest absolute Gasteiger partial charge is 0.417 e. The Morgan fingerprint density at radius 2 is 1.84 bits per heavy atom. The fourth-order valence-corrected chi connectivity index (χ4v) is 3.39. The maximum atomic E-state index is 12.7. The second-order valence-electron chi connectivity index (χ2n) is 7.11. The highest BCUT2D eigenvalue weighted by molar-refractivity contribution is 6.05. The van der Waals surface area contributed by atoms with Crippen molar-refractivity contribution in [1.82, 2.24) is 14.8 Å². The number of benzene rings is 1. The summed E-state index contributed by atoms with van der Waals surface area (Å²) in [5.74, 6) is -0.165. The van der Waals surface area contributed by atoms with Crippen molar-refractivity contribution < 1.29 is 22.8 Å². The molecule has 0 atom stereocenters. The first kappa shape index (κ1) is 20.6. The first-order chi connectivity index (χ1) is 14.7. The third kappa shape index (κ3) is 4.14. The number of halogens is 3. The van der Waals surface area contributed by atoms with Crippen LogP contribution >= 0.6 is 0 Å². The highest BCUT2D eigenvalue weighted by Crippen LogP contribution is 2.29. The molecule has 4 rings (SSSR count). The number of hydrogen-bond donors (Lipinski definition) is 1. The van der Waals surface area contributed by atoms with E-state index in [4.69, 9.17) is 0 Å². The number of hydrogen-bond acceptors (Lipinski definition) is 4. The minimum absolute atomic E-state index is 0.0803. The summed E-state index contributed by atoms with van der Waals surface area (Å²) in [7, 11) is 0. The van der Waals surface area contributed by atoms with Crippen molar-refractivity contribution in [3.63, 3.8) is 0 Å². The lowest BCUT2D eigenvalue weighted by Gasteiger charge is -2.16. The van der Waals surface area contributed by atoms with Crippen LogP contribution in [0.3, 0.4) is 0 Å². The number of rotatable bonds is 4. The van der Waals surface area contributed by atoms with Crippen LogP contribution in [0.15, 0.2) is 48.8 Å². The summed E-state index contributed by atoms with van der Waals surface area (Å²) in [6, 6.07) is 9.05. The number of pyridine rings is 1. The molecule has 1 N–H and O–H groups in total. The number of nitrogens with zero attached hydrogens (tertiary/aromatic N) is 4. The molecule has 1 aliphatic rings. The van der Waals surface area contributed by atoms with Gasteiger partial charge in [0.15, 0.2) is 5.82 Å². The van der Waals surface area contributed by atoms with Crippen LogP contribution in [0, 0.1) is 6.92 Å². The minimum atomic E-state index is -4.48. The Bertz CT molecular complexity index is 1120. The predicted octanol–water partition coefficient (Wildman–Crippen LogP) is 3.97. The van der Waals surface area contributed by atoms with E-state index in [9.17, 15) is 22.8 Å². The second-order valence-corrected chi connectivity index (χ2v) is 7.11. The molecule has 0 aliphatic carbocycles. The standard InChI is InChI=1S/C21H18F3N5O2/c1-13-17(12-26-29(13)18-9-4-14(11-25-18)21(22,23)24)20(31)27-15-5-7-16(8-6-15)28-10-2-3-19(28)30/h4-9,11-12H,2-3,10H2,1H3,(H,27,31). The molecule has 3 heterocycles. The maximum absolute atomic E-state index is 12.7. The molecule has 0 spiro atoms. The van der Waals surface area contributed by atoms with Gasteiger partial charge in [0.2, 0.25) is 5.91 Å². The topological polar surface area (TPSA) is 80.1 Å². The molecular formula is C21H18F3N5O2. The van der Waals surface area contributed by atoms with E-state index in [1.165, 1.54) is 16.9 Å². The Hall–Kier alpha value is -3.69. The SMILES string of the molecule is Cc1c(C(=O)Nc2ccc(N3CCCC3=O)cc2)cnn1-c1ccc(C(F)(F)F)cn1. The van der Waals surface area contributed by atoms with Gasteiger partial charge >= 0.3 is 6.18 Å². The zero-order valence-corrected chi connectivity index (χ0v) is 16.5. The van der Waals surface area contributed by atoms with Crippen molar-refractivity contribution in [2.45, 2.75) is 25.9 Å². The summed E-state index contributed by atoms with van der Waals surface area (Å²) < 4.78 is 39.4. The van der Waals surface area contributed by atoms with Gasteiger partial charge in [0, 0.05) is 30.5 Å². The Balaban J connectivity index is 1.48. The Morgan fingerprint density at radius 3 is 2.42 bits per heavy atom. The molecule has 0 radical (unpaired) electrons. The molecule has 1 aliphatic heterocycles. The number of amides is 2. The van der Waals surface area contributed by atoms with Crippen LogP contribution in [0.25, 0.3) is 5.82 Å². The molecule has 160 valence electrons. The average Bonchev–Trinajstić information content (AvgIpc) is 3.33. The smallest absolute Gasteiger partial charge is 0.322 e. The van der Waals surface area contributed by atoms with Crippen LogP contribution in [0.5, 0.6) is 0 Å². The average molecular weight is 429 g/mol. The van der Waals surface area contributed by atoms with Gasteiger partial charge in [-0.05, 0) is 49.7 Å². The number of alkyl halides is 3. The van der Waals surface area contributed by atoms with Crippen LogP contribution in [0.2, 0.25) is 0 Å². The van der Waals surface area contributed by atoms with Crippen LogP contribution in [-0.2, 0) is 11.0 Å². The maximum Gasteiger partial charge on any atom is 0.417 e. The molecule has 1 saturated heterocycles. The van der Waals surface area contributed by atoms with Crippen molar-refractivity contribution >= 4 is 23.2 Å². The Morgan fingerprint density at radius 1 is 1.10 bits per heavy atom. The molecule has 31 heavy (non-hydrogen) atoms. The van der Waals surface area contributed by atoms with Gasteiger partial charge in [0.05, 0.1) is 23.0 Å². The van der Waals surface area contributed by atoms with Crippen LogP contribution in [0.1, 0.15) is 34.5 Å². The van der Waals surface area contributed by atoms with E-state index in [0.717, 1.165) is 24.4 Å². The number of carbonyl (C=O) groups is 2. The third-order valence-corrected chi connectivity index (χ3v) is 5.06. The quantitative estimate of drug-likeness (QED) is 0.681.